The summed E-state index contributed by atoms with van der Waals surface area (Å²) in [6, 6.07) is 14.2. The Morgan fingerprint density at radius 1 is 1.11 bits per heavy atom. The molecule has 0 heterocycles. The summed E-state index contributed by atoms with van der Waals surface area (Å²) in [6.45, 7) is 5.61. The van der Waals surface area contributed by atoms with Crippen molar-refractivity contribution in [3.8, 4) is 0 Å². The third-order valence-corrected chi connectivity index (χ3v) is 4.06. The van der Waals surface area contributed by atoms with Gasteiger partial charge in [0.25, 0.3) is 0 Å². The largest absolute Gasteiger partial charge is 0.352 e. The number of rotatable bonds is 8. The molecular formula is C20H27ClN4O2. The average molecular weight is 391 g/mol. The van der Waals surface area contributed by atoms with E-state index in [0.717, 1.165) is 35.5 Å². The van der Waals surface area contributed by atoms with Crippen LogP contribution in [0.2, 0.25) is 0 Å². The number of carbonyl (C=O) groups excluding carboxylic acids is 2. The van der Waals surface area contributed by atoms with Gasteiger partial charge in [-0.25, -0.2) is 4.79 Å². The fourth-order valence-corrected chi connectivity index (χ4v) is 2.81. The minimum atomic E-state index is -0.654. The predicted molar refractivity (Wildman–Crippen MR) is 111 cm³/mol. The summed E-state index contributed by atoms with van der Waals surface area (Å²) in [5.74, 6) is -0.187. The Bertz CT molecular complexity index is 767. The van der Waals surface area contributed by atoms with Gasteiger partial charge in [0.05, 0.1) is 12.5 Å². The summed E-state index contributed by atoms with van der Waals surface area (Å²) in [6.07, 6.45) is 0.102. The maximum atomic E-state index is 12.5. The van der Waals surface area contributed by atoms with E-state index in [1.54, 1.807) is 0 Å². The lowest BCUT2D eigenvalue weighted by Gasteiger charge is -2.19. The van der Waals surface area contributed by atoms with Crippen LogP contribution in [0, 0.1) is 6.92 Å². The van der Waals surface area contributed by atoms with Gasteiger partial charge < -0.3 is 21.7 Å². The zero-order valence-electron chi connectivity index (χ0n) is 15.6. The molecule has 0 bridgehead atoms. The third kappa shape index (κ3) is 7.29. The first-order chi connectivity index (χ1) is 12.5. The van der Waals surface area contributed by atoms with Crippen LogP contribution in [0.25, 0.3) is 0 Å². The highest BCUT2D eigenvalue weighted by Gasteiger charge is 2.19. The lowest BCUT2D eigenvalue weighted by atomic mass is 9.98. The van der Waals surface area contributed by atoms with Gasteiger partial charge in [0.15, 0.2) is 0 Å². The fourth-order valence-electron chi connectivity index (χ4n) is 2.81. The minimum Gasteiger partial charge on any atom is -0.352 e. The molecule has 2 aromatic rings. The fraction of sp³-hybridized carbons (Fsp3) is 0.300. The smallest absolute Gasteiger partial charge is 0.312 e. The summed E-state index contributed by atoms with van der Waals surface area (Å²) in [4.78, 5) is 23.8. The van der Waals surface area contributed by atoms with E-state index >= 15 is 0 Å². The van der Waals surface area contributed by atoms with Crippen molar-refractivity contribution in [2.75, 3.05) is 11.9 Å². The van der Waals surface area contributed by atoms with Crippen LogP contribution >= 0.6 is 12.4 Å². The number of amides is 3. The highest BCUT2D eigenvalue weighted by molar-refractivity contribution is 5.91. The summed E-state index contributed by atoms with van der Waals surface area (Å²) in [5.41, 5.74) is 8.98. The van der Waals surface area contributed by atoms with E-state index in [9.17, 15) is 9.59 Å². The van der Waals surface area contributed by atoms with Crippen molar-refractivity contribution in [1.29, 1.82) is 0 Å². The lowest BCUT2D eigenvalue weighted by Crippen LogP contribution is -2.35. The van der Waals surface area contributed by atoms with Crippen molar-refractivity contribution in [2.45, 2.75) is 32.9 Å². The molecule has 6 nitrogen and oxygen atoms in total. The summed E-state index contributed by atoms with van der Waals surface area (Å²) >= 11 is 0. The van der Waals surface area contributed by atoms with Gasteiger partial charge >= 0.3 is 6.03 Å². The van der Waals surface area contributed by atoms with Crippen molar-refractivity contribution < 1.29 is 9.59 Å². The van der Waals surface area contributed by atoms with Crippen molar-refractivity contribution in [3.05, 3.63) is 65.2 Å². The monoisotopic (exact) mass is 390 g/mol. The van der Waals surface area contributed by atoms with E-state index in [-0.39, 0.29) is 24.7 Å². The molecule has 0 aromatic heterocycles. The molecule has 5 N–H and O–H groups in total. The van der Waals surface area contributed by atoms with Crippen LogP contribution in [0.5, 0.6) is 0 Å². The predicted octanol–water partition coefficient (Wildman–Crippen LogP) is 3.26. The molecule has 0 spiro atoms. The number of hydrogen-bond donors (Lipinski definition) is 4. The van der Waals surface area contributed by atoms with Gasteiger partial charge in [0.1, 0.15) is 0 Å². The molecule has 0 aliphatic rings. The van der Waals surface area contributed by atoms with Crippen LogP contribution in [-0.2, 0) is 11.3 Å². The van der Waals surface area contributed by atoms with E-state index in [1.165, 1.54) is 0 Å². The molecule has 0 saturated carbocycles. The molecule has 2 rings (SSSR count). The van der Waals surface area contributed by atoms with Crippen LogP contribution in [0.3, 0.4) is 0 Å². The highest BCUT2D eigenvalue weighted by atomic mass is 35.5. The molecular weight excluding hydrogens is 364 g/mol. The van der Waals surface area contributed by atoms with Crippen LogP contribution in [0.1, 0.15) is 36.1 Å². The van der Waals surface area contributed by atoms with Crippen molar-refractivity contribution >= 4 is 30.0 Å². The zero-order chi connectivity index (χ0) is 18.9. The Balaban J connectivity index is 0.00000364. The Labute approximate surface area is 166 Å². The quantitative estimate of drug-likeness (QED) is 0.557. The second-order valence-electron chi connectivity index (χ2n) is 6.15. The number of nitrogens with two attached hydrogens (primary N) is 1. The highest BCUT2D eigenvalue weighted by Crippen LogP contribution is 2.21. The van der Waals surface area contributed by atoms with Crippen LogP contribution in [0.15, 0.2) is 48.5 Å². The number of benzene rings is 2. The van der Waals surface area contributed by atoms with Crippen molar-refractivity contribution in [2.24, 2.45) is 5.73 Å². The zero-order valence-corrected chi connectivity index (χ0v) is 16.4. The van der Waals surface area contributed by atoms with Gasteiger partial charge in [-0.2, -0.15) is 0 Å². The standard InChI is InChI=1S/C20H26N4O2.ClH/c1-3-22-13-15-8-6-9-16(11-15)23-19(25)12-18(24-20(21)26)17-10-5-4-7-14(17)2;/h4-11,18,22H,3,12-13H2,1-2H3,(H,23,25)(H3,21,24,26);1H. The SMILES string of the molecule is CCNCc1cccc(NC(=O)CC(NC(N)=O)c2ccccc2C)c1.Cl. The van der Waals surface area contributed by atoms with E-state index in [1.807, 2.05) is 62.4 Å². The number of aryl methyl sites for hydroxylation is 1. The molecule has 0 radical (unpaired) electrons. The molecule has 0 aliphatic carbocycles. The summed E-state index contributed by atoms with van der Waals surface area (Å²) in [5, 5.41) is 8.81. The van der Waals surface area contributed by atoms with E-state index in [0.29, 0.717) is 0 Å². The van der Waals surface area contributed by atoms with Crippen LogP contribution in [-0.4, -0.2) is 18.5 Å². The van der Waals surface area contributed by atoms with Gasteiger partial charge in [-0.1, -0.05) is 43.3 Å². The molecule has 0 saturated heterocycles. The number of hydrogen-bond acceptors (Lipinski definition) is 3. The molecule has 7 heteroatoms. The average Bonchev–Trinajstić information content (AvgIpc) is 2.59. The number of halogens is 1. The molecule has 1 atom stereocenters. The maximum absolute atomic E-state index is 12.5. The summed E-state index contributed by atoms with van der Waals surface area (Å²) < 4.78 is 0. The van der Waals surface area contributed by atoms with E-state index in [2.05, 4.69) is 16.0 Å². The van der Waals surface area contributed by atoms with E-state index in [4.69, 9.17) is 5.73 Å². The molecule has 0 fully saturated rings. The third-order valence-electron chi connectivity index (χ3n) is 4.06. The van der Waals surface area contributed by atoms with Crippen LogP contribution < -0.4 is 21.7 Å². The molecule has 146 valence electrons. The number of anilines is 1. The molecule has 1 unspecified atom stereocenters. The topological polar surface area (TPSA) is 96.2 Å². The minimum absolute atomic E-state index is 0. The second-order valence-corrected chi connectivity index (χ2v) is 6.15. The van der Waals surface area contributed by atoms with Crippen LogP contribution in [0.4, 0.5) is 10.5 Å². The normalized spacial score (nSPS) is 11.2. The van der Waals surface area contributed by atoms with Gasteiger partial charge in [0, 0.05) is 12.2 Å². The van der Waals surface area contributed by atoms with Crippen molar-refractivity contribution in [3.63, 3.8) is 0 Å². The molecule has 2 aromatic carbocycles. The maximum Gasteiger partial charge on any atom is 0.312 e. The number of carbonyl (C=O) groups is 2. The summed E-state index contributed by atoms with van der Waals surface area (Å²) in [7, 11) is 0. The molecule has 3 amide bonds. The number of urea groups is 1. The molecule has 0 aliphatic heterocycles. The Kier molecular flexibility index (Phi) is 9.33. The number of primary amides is 1. The van der Waals surface area contributed by atoms with E-state index < -0.39 is 12.1 Å². The van der Waals surface area contributed by atoms with Gasteiger partial charge in [-0.15, -0.1) is 12.4 Å². The Morgan fingerprint density at radius 3 is 2.52 bits per heavy atom. The van der Waals surface area contributed by atoms with Gasteiger partial charge in [-0.3, -0.25) is 4.79 Å². The van der Waals surface area contributed by atoms with Crippen molar-refractivity contribution in [1.82, 2.24) is 10.6 Å². The van der Waals surface area contributed by atoms with Gasteiger partial charge in [0.2, 0.25) is 5.91 Å². The van der Waals surface area contributed by atoms with Gasteiger partial charge in [-0.05, 0) is 42.3 Å². The molecule has 27 heavy (non-hydrogen) atoms. The first-order valence-corrected chi connectivity index (χ1v) is 8.70. The first-order valence-electron chi connectivity index (χ1n) is 8.70. The second kappa shape index (κ2) is 11.2. The number of nitrogens with one attached hydrogen (secondary N) is 3. The lowest BCUT2D eigenvalue weighted by molar-refractivity contribution is -0.116. The Hall–Kier alpha value is -2.57. The first kappa shape index (κ1) is 22.5. The Morgan fingerprint density at radius 2 is 1.85 bits per heavy atom.